The lowest BCUT2D eigenvalue weighted by Crippen LogP contribution is -2.59. The number of aromatic hydroxyl groups is 3. The zero-order valence-corrected chi connectivity index (χ0v) is 15.5. The average Bonchev–Trinajstić information content (AvgIpc) is 2.70. The van der Waals surface area contributed by atoms with E-state index >= 15 is 0 Å². The predicted molar refractivity (Wildman–Crippen MR) is 93.7 cm³/mol. The molecule has 6 unspecified atom stereocenters. The number of nitrogens with zero attached hydrogens (tertiary/aromatic N) is 1. The maximum Gasteiger partial charge on any atom is 0.338 e. The van der Waals surface area contributed by atoms with Gasteiger partial charge in [0.1, 0.15) is 31.0 Å². The summed E-state index contributed by atoms with van der Waals surface area (Å²) in [5.74, 6) is -3.74. The fourth-order valence-electron chi connectivity index (χ4n) is 2.61. The zero-order chi connectivity index (χ0) is 21.7. The zero-order valence-electron chi connectivity index (χ0n) is 15.5. The van der Waals surface area contributed by atoms with Crippen LogP contribution in [0, 0.1) is 17.2 Å². The average molecular weight is 413 g/mol. The van der Waals surface area contributed by atoms with E-state index in [1.807, 2.05) is 6.07 Å². The number of carbonyl (C=O) groups excluding carboxylic acids is 1. The van der Waals surface area contributed by atoms with Gasteiger partial charge in [0.15, 0.2) is 23.5 Å². The Kier molecular flexibility index (Phi) is 7.60. The minimum Gasteiger partial charge on any atom is -0.504 e. The molecular weight excluding hydrogens is 390 g/mol. The first kappa shape index (κ1) is 22.7. The van der Waals surface area contributed by atoms with Gasteiger partial charge in [-0.2, -0.15) is 5.26 Å². The molecule has 29 heavy (non-hydrogen) atoms. The third kappa shape index (κ3) is 5.26. The number of phenols is 3. The third-order valence-electron chi connectivity index (χ3n) is 4.49. The summed E-state index contributed by atoms with van der Waals surface area (Å²) in [5.41, 5.74) is -0.281. The molecule has 11 nitrogen and oxygen atoms in total. The van der Waals surface area contributed by atoms with Crippen LogP contribution in [0.4, 0.5) is 0 Å². The molecule has 6 N–H and O–H groups in total. The Morgan fingerprint density at radius 2 is 1.79 bits per heavy atom. The van der Waals surface area contributed by atoms with Crippen LogP contribution in [0.25, 0.3) is 0 Å². The molecule has 11 heteroatoms. The van der Waals surface area contributed by atoms with Crippen LogP contribution in [-0.2, 0) is 14.2 Å². The number of carbonyl (C=O) groups is 1. The van der Waals surface area contributed by atoms with Gasteiger partial charge in [-0.3, -0.25) is 0 Å². The van der Waals surface area contributed by atoms with Crippen molar-refractivity contribution in [3.05, 3.63) is 17.7 Å². The van der Waals surface area contributed by atoms with Gasteiger partial charge in [0.2, 0.25) is 0 Å². The van der Waals surface area contributed by atoms with E-state index in [1.165, 1.54) is 0 Å². The quantitative estimate of drug-likeness (QED) is 0.246. The minimum absolute atomic E-state index is 0.0733. The SMILES string of the molecule is CCC(C#N)COC1OC(COC(=O)c2cc(O)c(O)c(O)c2)C(O)C(O)C1O. The largest absolute Gasteiger partial charge is 0.504 e. The Balaban J connectivity index is 2.01. The van der Waals surface area contributed by atoms with E-state index in [0.29, 0.717) is 6.42 Å². The van der Waals surface area contributed by atoms with Gasteiger partial charge in [-0.05, 0) is 18.6 Å². The van der Waals surface area contributed by atoms with Crippen molar-refractivity contribution in [3.63, 3.8) is 0 Å². The van der Waals surface area contributed by atoms with Crippen molar-refractivity contribution >= 4 is 5.97 Å². The fourth-order valence-corrected chi connectivity index (χ4v) is 2.61. The molecule has 1 fully saturated rings. The Morgan fingerprint density at radius 1 is 1.17 bits per heavy atom. The number of phenolic OH excluding ortho intramolecular Hbond substituents is 3. The van der Waals surface area contributed by atoms with Gasteiger partial charge in [0, 0.05) is 0 Å². The second kappa shape index (κ2) is 9.73. The maximum absolute atomic E-state index is 12.1. The molecule has 0 aromatic heterocycles. The maximum atomic E-state index is 12.1. The third-order valence-corrected chi connectivity index (χ3v) is 4.49. The molecule has 6 atom stereocenters. The molecule has 2 rings (SSSR count). The molecule has 0 radical (unpaired) electrons. The minimum atomic E-state index is -1.65. The number of hydrogen-bond acceptors (Lipinski definition) is 11. The topological polar surface area (TPSA) is 190 Å². The Morgan fingerprint density at radius 3 is 2.34 bits per heavy atom. The van der Waals surface area contributed by atoms with Gasteiger partial charge in [0.25, 0.3) is 0 Å². The Labute approximate surface area is 165 Å². The monoisotopic (exact) mass is 413 g/mol. The highest BCUT2D eigenvalue weighted by Crippen LogP contribution is 2.35. The smallest absolute Gasteiger partial charge is 0.338 e. The van der Waals surface area contributed by atoms with Crippen molar-refractivity contribution in [2.75, 3.05) is 13.2 Å². The Bertz CT molecular complexity index is 740. The summed E-state index contributed by atoms with van der Waals surface area (Å²) in [5, 5.41) is 67.2. The molecule has 0 saturated carbocycles. The van der Waals surface area contributed by atoms with Crippen molar-refractivity contribution < 1.29 is 49.6 Å². The summed E-state index contributed by atoms with van der Waals surface area (Å²) in [6.45, 7) is 1.15. The molecule has 1 aromatic rings. The van der Waals surface area contributed by atoms with Gasteiger partial charge in [-0.1, -0.05) is 6.92 Å². The first-order valence-corrected chi connectivity index (χ1v) is 8.82. The van der Waals surface area contributed by atoms with E-state index in [1.54, 1.807) is 6.92 Å². The van der Waals surface area contributed by atoms with Gasteiger partial charge >= 0.3 is 5.97 Å². The highest BCUT2D eigenvalue weighted by atomic mass is 16.7. The van der Waals surface area contributed by atoms with E-state index in [9.17, 15) is 35.4 Å². The number of rotatable bonds is 7. The predicted octanol–water partition coefficient (Wildman–Crippen LogP) is -0.666. The van der Waals surface area contributed by atoms with E-state index in [-0.39, 0.29) is 12.2 Å². The van der Waals surface area contributed by atoms with Crippen LogP contribution in [0.5, 0.6) is 17.2 Å². The number of nitriles is 1. The molecule has 1 saturated heterocycles. The van der Waals surface area contributed by atoms with Crippen molar-refractivity contribution in [1.82, 2.24) is 0 Å². The first-order chi connectivity index (χ1) is 13.7. The highest BCUT2D eigenvalue weighted by Gasteiger charge is 2.45. The lowest BCUT2D eigenvalue weighted by atomic mass is 9.99. The van der Waals surface area contributed by atoms with E-state index in [0.717, 1.165) is 12.1 Å². The van der Waals surface area contributed by atoms with Crippen molar-refractivity contribution in [2.45, 2.75) is 44.1 Å². The summed E-state index contributed by atoms with van der Waals surface area (Å²) in [4.78, 5) is 12.1. The van der Waals surface area contributed by atoms with Crippen molar-refractivity contribution in [2.24, 2.45) is 5.92 Å². The molecule has 0 amide bonds. The van der Waals surface area contributed by atoms with Crippen LogP contribution in [-0.4, -0.2) is 80.5 Å². The van der Waals surface area contributed by atoms with Gasteiger partial charge in [-0.25, -0.2) is 4.79 Å². The fraction of sp³-hybridized carbons (Fsp3) is 0.556. The van der Waals surface area contributed by atoms with Crippen LogP contribution in [0.15, 0.2) is 12.1 Å². The number of esters is 1. The highest BCUT2D eigenvalue weighted by molar-refractivity contribution is 5.91. The molecule has 160 valence electrons. The number of aliphatic hydroxyl groups excluding tert-OH is 3. The molecule has 1 heterocycles. The van der Waals surface area contributed by atoms with Crippen molar-refractivity contribution in [3.8, 4) is 23.3 Å². The lowest BCUT2D eigenvalue weighted by Gasteiger charge is -2.40. The molecular formula is C18H23NO10. The summed E-state index contributed by atoms with van der Waals surface area (Å²) in [7, 11) is 0. The van der Waals surface area contributed by atoms with Crippen LogP contribution in [0.3, 0.4) is 0 Å². The Hall–Kier alpha value is -2.62. The summed E-state index contributed by atoms with van der Waals surface area (Å²) >= 11 is 0. The molecule has 0 spiro atoms. The number of hydrogen-bond donors (Lipinski definition) is 6. The first-order valence-electron chi connectivity index (χ1n) is 8.82. The number of ether oxygens (including phenoxy) is 3. The molecule has 1 aromatic carbocycles. The van der Waals surface area contributed by atoms with Gasteiger partial charge in [-0.15, -0.1) is 0 Å². The number of aliphatic hydroxyl groups is 3. The standard InChI is InChI=1S/C18H23NO10/c1-2-8(5-19)6-28-18-16(25)15(24)14(23)12(29-18)7-27-17(26)9-3-10(20)13(22)11(21)4-9/h3-4,8,12,14-16,18,20-25H,2,6-7H2,1H3. The normalized spacial score (nSPS) is 27.8. The second-order valence-corrected chi connectivity index (χ2v) is 6.54. The molecule has 1 aliphatic rings. The second-order valence-electron chi connectivity index (χ2n) is 6.54. The van der Waals surface area contributed by atoms with Crippen LogP contribution in [0.1, 0.15) is 23.7 Å². The summed E-state index contributed by atoms with van der Waals surface area (Å²) in [6.07, 6.45) is -6.96. The molecule has 1 aliphatic heterocycles. The van der Waals surface area contributed by atoms with Gasteiger partial charge < -0.3 is 44.8 Å². The van der Waals surface area contributed by atoms with E-state index < -0.39 is 66.4 Å². The van der Waals surface area contributed by atoms with E-state index in [4.69, 9.17) is 19.5 Å². The van der Waals surface area contributed by atoms with Crippen molar-refractivity contribution in [1.29, 1.82) is 5.26 Å². The van der Waals surface area contributed by atoms with Gasteiger partial charge in [0.05, 0.1) is 24.2 Å². The van der Waals surface area contributed by atoms with E-state index in [2.05, 4.69) is 0 Å². The van der Waals surface area contributed by atoms with Crippen LogP contribution < -0.4 is 0 Å². The summed E-state index contributed by atoms with van der Waals surface area (Å²) in [6, 6.07) is 3.74. The molecule has 0 bridgehead atoms. The van der Waals surface area contributed by atoms with Crippen LogP contribution >= 0.6 is 0 Å². The van der Waals surface area contributed by atoms with Crippen LogP contribution in [0.2, 0.25) is 0 Å². The lowest BCUT2D eigenvalue weighted by molar-refractivity contribution is -0.302. The summed E-state index contributed by atoms with van der Waals surface area (Å²) < 4.78 is 15.6. The molecule has 0 aliphatic carbocycles. The number of benzene rings is 1.